The van der Waals surface area contributed by atoms with Crippen LogP contribution in [-0.4, -0.2) is 29.8 Å². The topological polar surface area (TPSA) is 20.3 Å². The third-order valence-electron chi connectivity index (χ3n) is 4.63. The van der Waals surface area contributed by atoms with E-state index in [9.17, 15) is 4.79 Å². The van der Waals surface area contributed by atoms with Gasteiger partial charge in [-0.15, -0.1) is 0 Å². The zero-order chi connectivity index (χ0) is 14.0. The summed E-state index contributed by atoms with van der Waals surface area (Å²) in [7, 11) is 0. The van der Waals surface area contributed by atoms with Gasteiger partial charge in [-0.2, -0.15) is 0 Å². The van der Waals surface area contributed by atoms with Gasteiger partial charge in [0.25, 0.3) is 0 Å². The number of aryl methyl sites for hydroxylation is 1. The van der Waals surface area contributed by atoms with Crippen LogP contribution >= 0.6 is 0 Å². The van der Waals surface area contributed by atoms with Crippen molar-refractivity contribution < 1.29 is 4.79 Å². The third-order valence-corrected chi connectivity index (χ3v) is 4.63. The molecule has 0 radical (unpaired) electrons. The lowest BCUT2D eigenvalue weighted by atomic mass is 9.87. The smallest absolute Gasteiger partial charge is 0.179 e. The molecule has 0 bridgehead atoms. The van der Waals surface area contributed by atoms with Crippen LogP contribution in [0.4, 0.5) is 0 Å². The molecule has 19 heavy (non-hydrogen) atoms. The number of Topliss-reactive ketones (excluding diaryl/α,β-unsaturated/α-hetero) is 1. The number of carbonyl (C=O) groups is 1. The monoisotopic (exact) mass is 259 g/mol. The first kappa shape index (κ1) is 14.3. The van der Waals surface area contributed by atoms with Gasteiger partial charge in [0.1, 0.15) is 0 Å². The molecule has 0 spiro atoms. The number of hydrogen-bond donors (Lipinski definition) is 0. The summed E-state index contributed by atoms with van der Waals surface area (Å²) in [5.74, 6) is 1.71. The van der Waals surface area contributed by atoms with Crippen molar-refractivity contribution >= 4 is 5.78 Å². The Labute approximate surface area is 116 Å². The van der Waals surface area contributed by atoms with Crippen LogP contribution in [0.15, 0.2) is 24.3 Å². The average molecular weight is 259 g/mol. The van der Waals surface area contributed by atoms with E-state index in [1.165, 1.54) is 12.0 Å². The maximum Gasteiger partial charge on any atom is 0.179 e. The number of piperidine rings is 1. The summed E-state index contributed by atoms with van der Waals surface area (Å²) in [5, 5.41) is 0. The van der Waals surface area contributed by atoms with Crippen LogP contribution in [-0.2, 0) is 0 Å². The van der Waals surface area contributed by atoms with Gasteiger partial charge in [0.2, 0.25) is 0 Å². The molecule has 1 aromatic rings. The molecule has 1 aliphatic rings. The highest BCUT2D eigenvalue weighted by Crippen LogP contribution is 2.24. The normalized spacial score (nSPS) is 26.1. The van der Waals surface area contributed by atoms with E-state index in [-0.39, 0.29) is 11.8 Å². The van der Waals surface area contributed by atoms with E-state index in [0.29, 0.717) is 5.92 Å². The number of carbonyl (C=O) groups excluding carboxylic acids is 1. The predicted molar refractivity (Wildman–Crippen MR) is 79.5 cm³/mol. The van der Waals surface area contributed by atoms with Crippen LogP contribution < -0.4 is 0 Å². The van der Waals surface area contributed by atoms with Gasteiger partial charge in [-0.05, 0) is 38.6 Å². The third kappa shape index (κ3) is 3.24. The van der Waals surface area contributed by atoms with Crippen molar-refractivity contribution in [1.82, 2.24) is 4.90 Å². The molecule has 3 unspecified atom stereocenters. The summed E-state index contributed by atoms with van der Waals surface area (Å²) >= 11 is 0. The fraction of sp³-hybridized carbons (Fsp3) is 0.588. The van der Waals surface area contributed by atoms with Crippen LogP contribution in [0.3, 0.4) is 0 Å². The Kier molecular flexibility index (Phi) is 4.41. The van der Waals surface area contributed by atoms with Gasteiger partial charge in [-0.3, -0.25) is 9.69 Å². The molecule has 1 heterocycles. The maximum atomic E-state index is 12.5. The highest BCUT2D eigenvalue weighted by atomic mass is 16.1. The summed E-state index contributed by atoms with van der Waals surface area (Å²) in [6.07, 6.45) is 1.20. The van der Waals surface area contributed by atoms with Crippen molar-refractivity contribution in [3.8, 4) is 0 Å². The Bertz CT molecular complexity index is 437. The van der Waals surface area contributed by atoms with Gasteiger partial charge >= 0.3 is 0 Å². The van der Waals surface area contributed by atoms with Gasteiger partial charge in [0.15, 0.2) is 5.78 Å². The number of likely N-dealkylation sites (tertiary alicyclic amines) is 1. The molecular weight excluding hydrogens is 234 g/mol. The fourth-order valence-corrected chi connectivity index (χ4v) is 2.77. The van der Waals surface area contributed by atoms with Gasteiger partial charge in [0.05, 0.1) is 6.04 Å². The van der Waals surface area contributed by atoms with Crippen molar-refractivity contribution in [2.75, 3.05) is 13.1 Å². The first-order valence-electron chi connectivity index (χ1n) is 7.34. The molecule has 0 aliphatic carbocycles. The van der Waals surface area contributed by atoms with E-state index < -0.39 is 0 Å². The SMILES string of the molecule is Cc1ccc(C(=O)C(C)N2CCC(C)C(C)C2)cc1. The van der Waals surface area contributed by atoms with E-state index in [1.54, 1.807) is 0 Å². The zero-order valence-corrected chi connectivity index (χ0v) is 12.5. The summed E-state index contributed by atoms with van der Waals surface area (Å²) in [5.41, 5.74) is 2.04. The second-order valence-electron chi connectivity index (χ2n) is 6.14. The Hall–Kier alpha value is -1.15. The van der Waals surface area contributed by atoms with Crippen LogP contribution in [0.25, 0.3) is 0 Å². The van der Waals surface area contributed by atoms with Crippen molar-refractivity contribution in [3.63, 3.8) is 0 Å². The lowest BCUT2D eigenvalue weighted by Gasteiger charge is -2.38. The lowest BCUT2D eigenvalue weighted by molar-refractivity contribution is 0.0689. The van der Waals surface area contributed by atoms with Crippen LogP contribution in [0.2, 0.25) is 0 Å². The molecule has 104 valence electrons. The first-order chi connectivity index (χ1) is 8.99. The van der Waals surface area contributed by atoms with E-state index in [0.717, 1.165) is 24.6 Å². The maximum absolute atomic E-state index is 12.5. The van der Waals surface area contributed by atoms with E-state index >= 15 is 0 Å². The van der Waals surface area contributed by atoms with Crippen LogP contribution in [0.1, 0.15) is 43.1 Å². The first-order valence-corrected chi connectivity index (χ1v) is 7.34. The lowest BCUT2D eigenvalue weighted by Crippen LogP contribution is -2.46. The minimum absolute atomic E-state index is 0.00217. The van der Waals surface area contributed by atoms with Crippen LogP contribution in [0, 0.1) is 18.8 Å². The number of benzene rings is 1. The van der Waals surface area contributed by atoms with Gasteiger partial charge in [-0.25, -0.2) is 0 Å². The molecule has 2 rings (SSSR count). The molecule has 1 fully saturated rings. The molecule has 1 saturated heterocycles. The molecule has 0 saturated carbocycles. The zero-order valence-electron chi connectivity index (χ0n) is 12.5. The van der Waals surface area contributed by atoms with Gasteiger partial charge in [0, 0.05) is 12.1 Å². The molecule has 0 aromatic heterocycles. The Morgan fingerprint density at radius 3 is 2.42 bits per heavy atom. The van der Waals surface area contributed by atoms with E-state index in [1.807, 2.05) is 38.1 Å². The number of nitrogens with zero attached hydrogens (tertiary/aromatic N) is 1. The number of ketones is 1. The van der Waals surface area contributed by atoms with Crippen LogP contribution in [0.5, 0.6) is 0 Å². The minimum Gasteiger partial charge on any atom is -0.293 e. The highest BCUT2D eigenvalue weighted by Gasteiger charge is 2.29. The molecule has 0 amide bonds. The van der Waals surface area contributed by atoms with Gasteiger partial charge < -0.3 is 0 Å². The summed E-state index contributed by atoms with van der Waals surface area (Å²) < 4.78 is 0. The molecule has 3 atom stereocenters. The number of rotatable bonds is 3. The molecule has 1 aromatic carbocycles. The molecule has 1 aliphatic heterocycles. The summed E-state index contributed by atoms with van der Waals surface area (Å²) in [6, 6.07) is 7.92. The van der Waals surface area contributed by atoms with E-state index in [2.05, 4.69) is 18.7 Å². The van der Waals surface area contributed by atoms with Crippen molar-refractivity contribution in [2.45, 2.75) is 40.2 Å². The second kappa shape index (κ2) is 5.87. The second-order valence-corrected chi connectivity index (χ2v) is 6.14. The van der Waals surface area contributed by atoms with Crippen molar-refractivity contribution in [3.05, 3.63) is 35.4 Å². The largest absolute Gasteiger partial charge is 0.293 e. The predicted octanol–water partition coefficient (Wildman–Crippen LogP) is 3.54. The molecular formula is C17H25NO. The molecule has 2 nitrogen and oxygen atoms in total. The summed E-state index contributed by atoms with van der Waals surface area (Å²) in [4.78, 5) is 14.8. The van der Waals surface area contributed by atoms with Crippen molar-refractivity contribution in [1.29, 1.82) is 0 Å². The molecule has 2 heteroatoms. The standard InChI is InChI=1S/C17H25NO/c1-12-5-7-16(8-6-12)17(19)15(4)18-10-9-13(2)14(3)11-18/h5-8,13-15H,9-11H2,1-4H3. The minimum atomic E-state index is -0.00217. The van der Waals surface area contributed by atoms with Crippen molar-refractivity contribution in [2.24, 2.45) is 11.8 Å². The highest BCUT2D eigenvalue weighted by molar-refractivity contribution is 5.99. The summed E-state index contributed by atoms with van der Waals surface area (Å²) in [6.45, 7) is 10.8. The Balaban J connectivity index is 2.05. The Morgan fingerprint density at radius 1 is 1.21 bits per heavy atom. The average Bonchev–Trinajstić information content (AvgIpc) is 2.41. The fourth-order valence-electron chi connectivity index (χ4n) is 2.77. The number of hydrogen-bond acceptors (Lipinski definition) is 2. The molecule has 0 N–H and O–H groups in total. The quantitative estimate of drug-likeness (QED) is 0.774. The van der Waals surface area contributed by atoms with E-state index in [4.69, 9.17) is 0 Å². The van der Waals surface area contributed by atoms with Gasteiger partial charge in [-0.1, -0.05) is 43.7 Å². The Morgan fingerprint density at radius 2 is 1.84 bits per heavy atom.